The average molecular weight is 285 g/mol. The smallest absolute Gasteiger partial charge is 0.225 e. The van der Waals surface area contributed by atoms with Crippen molar-refractivity contribution in [2.75, 3.05) is 39.8 Å². The van der Waals surface area contributed by atoms with E-state index in [1.54, 1.807) is 0 Å². The van der Waals surface area contributed by atoms with Gasteiger partial charge in [-0.1, -0.05) is 19.7 Å². The molecule has 2 saturated heterocycles. The van der Waals surface area contributed by atoms with Crippen molar-refractivity contribution >= 4 is 18.7 Å². The molecule has 110 valence electrons. The lowest BCUT2D eigenvalue weighted by molar-refractivity contribution is -0.138. The van der Waals surface area contributed by atoms with Crippen LogP contribution < -0.4 is 0 Å². The molecule has 0 N–H and O–H groups in total. The van der Waals surface area contributed by atoms with Crippen LogP contribution in [0.25, 0.3) is 0 Å². The van der Waals surface area contributed by atoms with Gasteiger partial charge in [-0.3, -0.25) is 9.10 Å². The fourth-order valence-corrected chi connectivity index (χ4v) is 3.43. The van der Waals surface area contributed by atoms with Crippen LogP contribution in [0.4, 0.5) is 0 Å². The van der Waals surface area contributed by atoms with Gasteiger partial charge in [-0.15, -0.1) is 0 Å². The molecule has 2 fully saturated rings. The first-order valence-corrected chi connectivity index (χ1v) is 7.94. The van der Waals surface area contributed by atoms with Gasteiger partial charge < -0.3 is 9.80 Å². The summed E-state index contributed by atoms with van der Waals surface area (Å²) in [4.78, 5) is 17.0. The SMILES string of the molecule is CCN1CCC(C(=O)N(C)C2CCN(S)CC2)CC1. The zero-order chi connectivity index (χ0) is 13.8. The Morgan fingerprint density at radius 2 is 1.74 bits per heavy atom. The van der Waals surface area contributed by atoms with Crippen LogP contribution >= 0.6 is 12.8 Å². The predicted molar refractivity (Wildman–Crippen MR) is 81.2 cm³/mol. The highest BCUT2D eigenvalue weighted by atomic mass is 32.1. The van der Waals surface area contributed by atoms with Gasteiger partial charge in [-0.2, -0.15) is 0 Å². The molecule has 0 bridgehead atoms. The second-order valence-corrected chi connectivity index (χ2v) is 6.41. The summed E-state index contributed by atoms with van der Waals surface area (Å²) in [6, 6.07) is 0.417. The molecular formula is C14H27N3OS. The van der Waals surface area contributed by atoms with Crippen molar-refractivity contribution in [2.24, 2.45) is 5.92 Å². The minimum atomic E-state index is 0.252. The van der Waals surface area contributed by atoms with Crippen LogP contribution in [0.3, 0.4) is 0 Å². The first-order chi connectivity index (χ1) is 9.11. The first-order valence-electron chi connectivity index (χ1n) is 7.54. The maximum atomic E-state index is 12.5. The number of hydrogen-bond donors (Lipinski definition) is 1. The lowest BCUT2D eigenvalue weighted by Gasteiger charge is -2.38. The van der Waals surface area contributed by atoms with Gasteiger partial charge >= 0.3 is 0 Å². The van der Waals surface area contributed by atoms with Crippen molar-refractivity contribution in [2.45, 2.75) is 38.6 Å². The number of likely N-dealkylation sites (tertiary alicyclic amines) is 1. The van der Waals surface area contributed by atoms with Crippen LogP contribution in [-0.4, -0.2) is 65.8 Å². The molecule has 0 saturated carbocycles. The number of thiol groups is 1. The fraction of sp³-hybridized carbons (Fsp3) is 0.929. The third kappa shape index (κ3) is 3.86. The molecule has 0 aromatic heterocycles. The minimum Gasteiger partial charge on any atom is -0.342 e. The fourth-order valence-electron chi connectivity index (χ4n) is 3.20. The normalized spacial score (nSPS) is 24.6. The molecule has 0 spiro atoms. The van der Waals surface area contributed by atoms with E-state index in [1.807, 2.05) is 11.9 Å². The van der Waals surface area contributed by atoms with Gasteiger partial charge in [0.15, 0.2) is 0 Å². The Kier molecular flexibility index (Phi) is 5.54. The summed E-state index contributed by atoms with van der Waals surface area (Å²) in [7, 11) is 1.99. The summed E-state index contributed by atoms with van der Waals surface area (Å²) in [5, 5.41) is 0. The number of amides is 1. The lowest BCUT2D eigenvalue weighted by Crippen LogP contribution is -2.47. The van der Waals surface area contributed by atoms with Crippen LogP contribution in [0.5, 0.6) is 0 Å². The lowest BCUT2D eigenvalue weighted by atomic mass is 9.94. The zero-order valence-corrected chi connectivity index (χ0v) is 13.1. The first kappa shape index (κ1) is 15.1. The quantitative estimate of drug-likeness (QED) is 0.796. The van der Waals surface area contributed by atoms with Crippen molar-refractivity contribution in [1.29, 1.82) is 0 Å². The molecule has 19 heavy (non-hydrogen) atoms. The van der Waals surface area contributed by atoms with Crippen molar-refractivity contribution in [3.8, 4) is 0 Å². The van der Waals surface area contributed by atoms with Crippen LogP contribution in [-0.2, 0) is 4.79 Å². The Balaban J connectivity index is 1.82. The molecule has 0 aromatic carbocycles. The third-order valence-corrected chi connectivity index (χ3v) is 5.12. The van der Waals surface area contributed by atoms with Gasteiger partial charge in [0.2, 0.25) is 5.91 Å². The Hall–Kier alpha value is -0.260. The molecule has 0 atom stereocenters. The number of carbonyl (C=O) groups is 1. The molecule has 0 radical (unpaired) electrons. The van der Waals surface area contributed by atoms with E-state index in [0.717, 1.165) is 58.4 Å². The maximum Gasteiger partial charge on any atom is 0.225 e. The summed E-state index contributed by atoms with van der Waals surface area (Å²) >= 11 is 4.37. The summed E-state index contributed by atoms with van der Waals surface area (Å²) in [5.74, 6) is 0.621. The van der Waals surface area contributed by atoms with Crippen molar-refractivity contribution in [1.82, 2.24) is 14.1 Å². The van der Waals surface area contributed by atoms with E-state index in [-0.39, 0.29) is 5.92 Å². The van der Waals surface area contributed by atoms with Crippen LogP contribution in [0.1, 0.15) is 32.6 Å². The van der Waals surface area contributed by atoms with Gasteiger partial charge in [-0.25, -0.2) is 0 Å². The number of hydrogen-bond acceptors (Lipinski definition) is 4. The molecule has 4 nitrogen and oxygen atoms in total. The standard InChI is InChI=1S/C14H27N3OS/c1-3-16-8-4-12(5-9-16)14(18)15(2)13-6-10-17(19)11-7-13/h12-13,19H,3-11H2,1-2H3. The Morgan fingerprint density at radius 3 is 2.26 bits per heavy atom. The van der Waals surface area contributed by atoms with Gasteiger partial charge in [0, 0.05) is 32.1 Å². The minimum absolute atomic E-state index is 0.252. The molecule has 2 aliphatic heterocycles. The molecule has 0 aromatic rings. The monoisotopic (exact) mass is 285 g/mol. The van der Waals surface area contributed by atoms with Crippen LogP contribution in [0, 0.1) is 5.92 Å². The van der Waals surface area contributed by atoms with E-state index in [9.17, 15) is 4.79 Å². The van der Waals surface area contributed by atoms with Gasteiger partial charge in [0.05, 0.1) is 0 Å². The van der Waals surface area contributed by atoms with Crippen molar-refractivity contribution in [3.63, 3.8) is 0 Å². The second-order valence-electron chi connectivity index (χ2n) is 5.84. The number of rotatable bonds is 3. The van der Waals surface area contributed by atoms with Crippen molar-refractivity contribution in [3.05, 3.63) is 0 Å². The predicted octanol–water partition coefficient (Wildman–Crippen LogP) is 1.49. The number of carbonyl (C=O) groups excluding carboxylic acids is 1. The topological polar surface area (TPSA) is 26.8 Å². The second kappa shape index (κ2) is 6.95. The summed E-state index contributed by atoms with van der Waals surface area (Å²) in [5.41, 5.74) is 0. The highest BCUT2D eigenvalue weighted by Crippen LogP contribution is 2.23. The highest BCUT2D eigenvalue weighted by molar-refractivity contribution is 7.77. The number of nitrogens with zero attached hydrogens (tertiary/aromatic N) is 3. The molecule has 0 unspecified atom stereocenters. The molecule has 0 aliphatic carbocycles. The molecular weight excluding hydrogens is 258 g/mol. The Bertz CT molecular complexity index is 297. The van der Waals surface area contributed by atoms with E-state index in [1.165, 1.54) is 0 Å². The molecule has 1 amide bonds. The van der Waals surface area contributed by atoms with Crippen LogP contribution in [0.15, 0.2) is 0 Å². The van der Waals surface area contributed by atoms with E-state index in [0.29, 0.717) is 11.9 Å². The third-order valence-electron chi connectivity index (χ3n) is 4.72. The Labute approximate surface area is 122 Å². The van der Waals surface area contributed by atoms with Gasteiger partial charge in [0.25, 0.3) is 0 Å². The van der Waals surface area contributed by atoms with Gasteiger partial charge in [0.1, 0.15) is 0 Å². The highest BCUT2D eigenvalue weighted by Gasteiger charge is 2.31. The summed E-state index contributed by atoms with van der Waals surface area (Å²) < 4.78 is 2.05. The van der Waals surface area contributed by atoms with E-state index in [4.69, 9.17) is 0 Å². The summed E-state index contributed by atoms with van der Waals surface area (Å²) in [6.45, 7) is 7.43. The molecule has 5 heteroatoms. The van der Waals surface area contributed by atoms with E-state index >= 15 is 0 Å². The molecule has 2 heterocycles. The molecule has 2 aliphatic rings. The molecule has 2 rings (SSSR count). The van der Waals surface area contributed by atoms with E-state index < -0.39 is 0 Å². The van der Waals surface area contributed by atoms with Crippen LogP contribution in [0.2, 0.25) is 0 Å². The zero-order valence-electron chi connectivity index (χ0n) is 12.2. The average Bonchev–Trinajstić information content (AvgIpc) is 2.46. The van der Waals surface area contributed by atoms with Gasteiger partial charge in [-0.05, 0) is 45.3 Å². The van der Waals surface area contributed by atoms with E-state index in [2.05, 4.69) is 28.9 Å². The van der Waals surface area contributed by atoms with Crippen molar-refractivity contribution < 1.29 is 4.79 Å². The Morgan fingerprint density at radius 1 is 1.16 bits per heavy atom. The maximum absolute atomic E-state index is 12.5. The summed E-state index contributed by atoms with van der Waals surface area (Å²) in [6.07, 6.45) is 4.17. The largest absolute Gasteiger partial charge is 0.342 e. The number of piperidine rings is 2.